The molecule has 1 aromatic heterocycles. The number of thioether (sulfide) groups is 1. The number of aromatic amines is 1. The van der Waals surface area contributed by atoms with Crippen molar-refractivity contribution in [1.29, 1.82) is 0 Å². The van der Waals surface area contributed by atoms with Crippen LogP contribution in [0.5, 0.6) is 0 Å². The van der Waals surface area contributed by atoms with Gasteiger partial charge in [-0.2, -0.15) is 4.98 Å². The third-order valence-corrected chi connectivity index (χ3v) is 4.18. The molecular weight excluding hydrogens is 263 g/mol. The minimum Gasteiger partial charge on any atom is -0.338 e. The molecule has 0 radical (unpaired) electrons. The van der Waals surface area contributed by atoms with E-state index in [1.165, 1.54) is 17.8 Å². The number of benzene rings is 1. The van der Waals surface area contributed by atoms with E-state index in [0.29, 0.717) is 16.5 Å². The van der Waals surface area contributed by atoms with E-state index in [1.54, 1.807) is 18.2 Å². The third kappa shape index (κ3) is 2.56. The average Bonchev–Trinajstić information content (AvgIpc) is 2.87. The molecule has 1 aromatic carbocycles. The maximum atomic E-state index is 13.5. The van der Waals surface area contributed by atoms with Gasteiger partial charge in [0, 0.05) is 17.0 Å². The van der Waals surface area contributed by atoms with E-state index < -0.39 is 0 Å². The van der Waals surface area contributed by atoms with E-state index in [0.717, 1.165) is 30.5 Å². The largest absolute Gasteiger partial charge is 0.338 e. The zero-order chi connectivity index (χ0) is 13.2. The van der Waals surface area contributed by atoms with Crippen LogP contribution in [0, 0.1) is 5.82 Å². The standard InChI is InChI=1S/C14H13FN2OS/c15-11-6-2-1-4-9(11)8-19-14-16-12-7-3-5-10(12)13(18)17-14/h1-2,4,6H,3,5,7-8H2,(H,16,17,18). The second-order valence-corrected chi connectivity index (χ2v) is 5.50. The van der Waals surface area contributed by atoms with Crippen molar-refractivity contribution in [2.75, 3.05) is 0 Å². The molecule has 19 heavy (non-hydrogen) atoms. The van der Waals surface area contributed by atoms with Gasteiger partial charge in [-0.1, -0.05) is 30.0 Å². The van der Waals surface area contributed by atoms with Gasteiger partial charge in [-0.25, -0.2) is 4.39 Å². The lowest BCUT2D eigenvalue weighted by Gasteiger charge is -2.05. The first-order chi connectivity index (χ1) is 9.24. The molecule has 0 spiro atoms. The van der Waals surface area contributed by atoms with Crippen molar-refractivity contribution in [3.63, 3.8) is 0 Å². The third-order valence-electron chi connectivity index (χ3n) is 3.26. The fraction of sp³-hybridized carbons (Fsp3) is 0.286. The molecule has 1 aliphatic carbocycles. The van der Waals surface area contributed by atoms with Gasteiger partial charge in [0.05, 0.1) is 0 Å². The number of hydrogen-bond acceptors (Lipinski definition) is 3. The predicted octanol–water partition coefficient (Wildman–Crippen LogP) is 2.69. The van der Waals surface area contributed by atoms with Gasteiger partial charge in [0.1, 0.15) is 5.82 Å². The SMILES string of the molecule is O=c1nc(SCc2ccccc2F)[nH]c2c1CCC2. The number of nitrogens with one attached hydrogen (secondary N) is 1. The van der Waals surface area contributed by atoms with Crippen LogP contribution in [-0.4, -0.2) is 9.97 Å². The highest BCUT2D eigenvalue weighted by Gasteiger charge is 2.16. The Balaban J connectivity index is 1.80. The molecule has 0 bridgehead atoms. The quantitative estimate of drug-likeness (QED) is 0.692. The Morgan fingerprint density at radius 3 is 3.00 bits per heavy atom. The summed E-state index contributed by atoms with van der Waals surface area (Å²) in [6, 6.07) is 6.65. The van der Waals surface area contributed by atoms with Crippen molar-refractivity contribution in [2.45, 2.75) is 30.2 Å². The summed E-state index contributed by atoms with van der Waals surface area (Å²) in [5, 5.41) is 0.578. The molecular formula is C14H13FN2OS. The molecule has 0 atom stereocenters. The number of nitrogens with zero attached hydrogens (tertiary/aromatic N) is 1. The van der Waals surface area contributed by atoms with Gasteiger partial charge in [-0.3, -0.25) is 4.79 Å². The lowest BCUT2D eigenvalue weighted by atomic mass is 10.2. The van der Waals surface area contributed by atoms with Crippen molar-refractivity contribution in [3.8, 4) is 0 Å². The maximum Gasteiger partial charge on any atom is 0.277 e. The summed E-state index contributed by atoms with van der Waals surface area (Å²) in [7, 11) is 0. The molecule has 0 saturated carbocycles. The van der Waals surface area contributed by atoms with Crippen LogP contribution in [0.25, 0.3) is 0 Å². The normalized spacial score (nSPS) is 13.5. The summed E-state index contributed by atoms with van der Waals surface area (Å²) < 4.78 is 13.5. The zero-order valence-corrected chi connectivity index (χ0v) is 11.1. The van der Waals surface area contributed by atoms with Crippen LogP contribution in [0.1, 0.15) is 23.2 Å². The van der Waals surface area contributed by atoms with Gasteiger partial charge in [0.15, 0.2) is 5.16 Å². The Morgan fingerprint density at radius 1 is 1.32 bits per heavy atom. The summed E-state index contributed by atoms with van der Waals surface area (Å²) in [6.45, 7) is 0. The average molecular weight is 276 g/mol. The molecule has 1 aliphatic rings. The molecule has 1 N–H and O–H groups in total. The van der Waals surface area contributed by atoms with Gasteiger partial charge >= 0.3 is 0 Å². The Bertz CT molecular complexity index is 669. The van der Waals surface area contributed by atoms with Crippen LogP contribution in [0.3, 0.4) is 0 Å². The molecule has 0 aliphatic heterocycles. The molecule has 5 heteroatoms. The molecule has 1 heterocycles. The van der Waals surface area contributed by atoms with Crippen molar-refractivity contribution in [2.24, 2.45) is 0 Å². The number of aryl methyl sites for hydroxylation is 1. The molecule has 98 valence electrons. The smallest absolute Gasteiger partial charge is 0.277 e. The summed E-state index contributed by atoms with van der Waals surface area (Å²) >= 11 is 1.36. The van der Waals surface area contributed by atoms with Crippen LogP contribution < -0.4 is 5.56 Å². The van der Waals surface area contributed by atoms with Gasteiger partial charge in [-0.05, 0) is 30.9 Å². The topological polar surface area (TPSA) is 45.8 Å². The van der Waals surface area contributed by atoms with Crippen LogP contribution in [-0.2, 0) is 18.6 Å². The fourth-order valence-electron chi connectivity index (χ4n) is 2.26. The van der Waals surface area contributed by atoms with Crippen molar-refractivity contribution >= 4 is 11.8 Å². The summed E-state index contributed by atoms with van der Waals surface area (Å²) in [5.74, 6) is 0.243. The highest BCUT2D eigenvalue weighted by Crippen LogP contribution is 2.23. The van der Waals surface area contributed by atoms with Crippen LogP contribution in [0.15, 0.2) is 34.2 Å². The monoisotopic (exact) mass is 276 g/mol. The molecule has 0 unspecified atom stereocenters. The molecule has 3 nitrogen and oxygen atoms in total. The van der Waals surface area contributed by atoms with E-state index >= 15 is 0 Å². The number of rotatable bonds is 3. The minimum absolute atomic E-state index is 0.137. The van der Waals surface area contributed by atoms with Crippen molar-refractivity contribution < 1.29 is 4.39 Å². The Kier molecular flexibility index (Phi) is 3.38. The van der Waals surface area contributed by atoms with Crippen LogP contribution >= 0.6 is 11.8 Å². The highest BCUT2D eigenvalue weighted by molar-refractivity contribution is 7.98. The van der Waals surface area contributed by atoms with Gasteiger partial charge in [-0.15, -0.1) is 0 Å². The number of fused-ring (bicyclic) bond motifs is 1. The maximum absolute atomic E-state index is 13.5. The van der Waals surface area contributed by atoms with Gasteiger partial charge < -0.3 is 4.98 Å². The van der Waals surface area contributed by atoms with E-state index in [4.69, 9.17) is 0 Å². The highest BCUT2D eigenvalue weighted by atomic mass is 32.2. The zero-order valence-electron chi connectivity index (χ0n) is 10.3. The Labute approximate surface area is 114 Å². The molecule has 0 amide bonds. The summed E-state index contributed by atoms with van der Waals surface area (Å²) in [4.78, 5) is 19.0. The molecule has 3 rings (SSSR count). The molecule has 0 saturated heterocycles. The second-order valence-electron chi connectivity index (χ2n) is 4.54. The first-order valence-electron chi connectivity index (χ1n) is 6.22. The first kappa shape index (κ1) is 12.4. The summed E-state index contributed by atoms with van der Waals surface area (Å²) in [5.41, 5.74) is 2.30. The minimum atomic E-state index is -0.224. The van der Waals surface area contributed by atoms with E-state index in [1.807, 2.05) is 0 Å². The van der Waals surface area contributed by atoms with E-state index in [2.05, 4.69) is 9.97 Å². The van der Waals surface area contributed by atoms with Gasteiger partial charge in [0.2, 0.25) is 0 Å². The second kappa shape index (κ2) is 5.17. The molecule has 2 aromatic rings. The predicted molar refractivity (Wildman–Crippen MR) is 72.8 cm³/mol. The lowest BCUT2D eigenvalue weighted by Crippen LogP contribution is -2.14. The fourth-order valence-corrected chi connectivity index (χ4v) is 3.13. The first-order valence-corrected chi connectivity index (χ1v) is 7.21. The van der Waals surface area contributed by atoms with E-state index in [-0.39, 0.29) is 11.4 Å². The number of aromatic nitrogens is 2. The number of hydrogen-bond donors (Lipinski definition) is 1. The van der Waals surface area contributed by atoms with Crippen molar-refractivity contribution in [1.82, 2.24) is 9.97 Å². The van der Waals surface area contributed by atoms with Crippen molar-refractivity contribution in [3.05, 3.63) is 57.3 Å². The molecule has 0 fully saturated rings. The van der Waals surface area contributed by atoms with Crippen LogP contribution in [0.4, 0.5) is 4.39 Å². The summed E-state index contributed by atoms with van der Waals surface area (Å²) in [6.07, 6.45) is 2.72. The number of halogens is 1. The Hall–Kier alpha value is -1.62. The lowest BCUT2D eigenvalue weighted by molar-refractivity contribution is 0.617. The van der Waals surface area contributed by atoms with Gasteiger partial charge in [0.25, 0.3) is 5.56 Å². The Morgan fingerprint density at radius 2 is 2.16 bits per heavy atom. The van der Waals surface area contributed by atoms with E-state index in [9.17, 15) is 9.18 Å². The number of H-pyrrole nitrogens is 1. The van der Waals surface area contributed by atoms with Crippen LogP contribution in [0.2, 0.25) is 0 Å².